The molecule has 0 saturated heterocycles. The molecule has 0 amide bonds. The number of nitrogen functional groups attached to an aromatic ring is 1. The first kappa shape index (κ1) is 6.82. The lowest BCUT2D eigenvalue weighted by Gasteiger charge is -1.90. The molecule has 2 rings (SSSR count). The van der Waals surface area contributed by atoms with Crippen LogP contribution in [0.2, 0.25) is 0 Å². The molecule has 2 N–H and O–H groups in total. The molecule has 2 aromatic rings. The van der Waals surface area contributed by atoms with Crippen molar-refractivity contribution in [2.24, 2.45) is 0 Å². The minimum atomic E-state index is 0.795. The van der Waals surface area contributed by atoms with Gasteiger partial charge in [-0.1, -0.05) is 0 Å². The lowest BCUT2D eigenvalue weighted by molar-refractivity contribution is 1.42. The third kappa shape index (κ3) is 1.15. The summed E-state index contributed by atoms with van der Waals surface area (Å²) in [5, 5.41) is 4.86. The summed E-state index contributed by atoms with van der Waals surface area (Å²) in [5.41, 5.74) is 9.49. The van der Waals surface area contributed by atoms with Crippen LogP contribution in [-0.2, 0) is 0 Å². The van der Waals surface area contributed by atoms with Crippen LogP contribution in [-0.4, -0.2) is 4.98 Å². The van der Waals surface area contributed by atoms with E-state index in [-0.39, 0.29) is 0 Å². The van der Waals surface area contributed by atoms with Gasteiger partial charge >= 0.3 is 0 Å². The maximum atomic E-state index is 5.69. The second-order valence-electron chi connectivity index (χ2n) is 2.08. The highest BCUT2D eigenvalue weighted by atomic mass is 32.1. The smallest absolute Gasteiger partial charge is 0.114 e. The molecule has 11 heavy (non-hydrogen) atoms. The number of aromatic nitrogens is 1. The molecule has 2 nitrogen and oxygen atoms in total. The fraction of sp³-hybridized carbons (Fsp3) is 0. The van der Waals surface area contributed by atoms with Crippen LogP contribution in [0.5, 0.6) is 0 Å². The highest BCUT2D eigenvalue weighted by Crippen LogP contribution is 2.28. The summed E-state index contributed by atoms with van der Waals surface area (Å²) in [4.78, 5) is 4.16. The van der Waals surface area contributed by atoms with Gasteiger partial charge in [0.25, 0.3) is 0 Å². The maximum absolute atomic E-state index is 5.69. The van der Waals surface area contributed by atoms with Crippen molar-refractivity contribution < 1.29 is 0 Å². The Labute approximate surface area is 72.3 Å². The maximum Gasteiger partial charge on any atom is 0.114 e. The van der Waals surface area contributed by atoms with Crippen LogP contribution in [0.1, 0.15) is 0 Å². The lowest BCUT2D eigenvalue weighted by atomic mass is 10.3. The van der Waals surface area contributed by atoms with Crippen LogP contribution in [0.3, 0.4) is 0 Å². The van der Waals surface area contributed by atoms with Gasteiger partial charge in [0, 0.05) is 10.9 Å². The molecule has 0 saturated carbocycles. The topological polar surface area (TPSA) is 38.9 Å². The standard InChI is InChI=1S/C7H6N2S2/c8-7-6(9-4-11-7)5-1-2-10-3-5/h1-4H,8H2. The number of anilines is 1. The van der Waals surface area contributed by atoms with E-state index in [2.05, 4.69) is 4.98 Å². The summed E-state index contributed by atoms with van der Waals surface area (Å²) in [5.74, 6) is 0. The van der Waals surface area contributed by atoms with Crippen LogP contribution < -0.4 is 5.73 Å². The summed E-state index contributed by atoms with van der Waals surface area (Å²) >= 11 is 3.13. The van der Waals surface area contributed by atoms with E-state index >= 15 is 0 Å². The largest absolute Gasteiger partial charge is 0.389 e. The van der Waals surface area contributed by atoms with Gasteiger partial charge in [-0.3, -0.25) is 0 Å². The number of nitrogens with zero attached hydrogens (tertiary/aromatic N) is 1. The molecule has 4 heteroatoms. The van der Waals surface area contributed by atoms with Crippen LogP contribution in [0.25, 0.3) is 11.3 Å². The average molecular weight is 182 g/mol. The Morgan fingerprint density at radius 2 is 2.36 bits per heavy atom. The molecule has 0 bridgehead atoms. The van der Waals surface area contributed by atoms with Gasteiger partial charge in [-0.05, 0) is 11.4 Å². The summed E-state index contributed by atoms with van der Waals surface area (Å²) < 4.78 is 0. The first-order chi connectivity index (χ1) is 5.38. The zero-order chi connectivity index (χ0) is 7.68. The van der Waals surface area contributed by atoms with E-state index in [0.29, 0.717) is 0 Å². The fourth-order valence-corrected chi connectivity index (χ4v) is 2.07. The Morgan fingerprint density at radius 3 is 2.91 bits per heavy atom. The van der Waals surface area contributed by atoms with Crippen molar-refractivity contribution in [3.05, 3.63) is 22.3 Å². The van der Waals surface area contributed by atoms with Crippen molar-refractivity contribution in [3.8, 4) is 11.3 Å². The van der Waals surface area contributed by atoms with E-state index < -0.39 is 0 Å². The van der Waals surface area contributed by atoms with Gasteiger partial charge in [0.2, 0.25) is 0 Å². The monoisotopic (exact) mass is 182 g/mol. The summed E-state index contributed by atoms with van der Waals surface area (Å²) in [6.07, 6.45) is 0. The number of hydrogen-bond acceptors (Lipinski definition) is 4. The first-order valence-corrected chi connectivity index (χ1v) is 4.91. The molecule has 0 aliphatic heterocycles. The predicted octanol–water partition coefficient (Wildman–Crippen LogP) is 2.45. The van der Waals surface area contributed by atoms with E-state index in [9.17, 15) is 0 Å². The Balaban J connectivity index is 2.53. The number of nitrogens with two attached hydrogens (primary N) is 1. The third-order valence-electron chi connectivity index (χ3n) is 1.39. The first-order valence-electron chi connectivity index (χ1n) is 3.09. The van der Waals surface area contributed by atoms with Gasteiger partial charge in [0.05, 0.1) is 5.51 Å². The number of rotatable bonds is 1. The lowest BCUT2D eigenvalue weighted by Crippen LogP contribution is -1.82. The van der Waals surface area contributed by atoms with Crippen molar-refractivity contribution in [3.63, 3.8) is 0 Å². The zero-order valence-corrected chi connectivity index (χ0v) is 7.28. The van der Waals surface area contributed by atoms with Gasteiger partial charge in [-0.15, -0.1) is 11.3 Å². The number of thiazole rings is 1. The average Bonchev–Trinajstić information content (AvgIpc) is 2.55. The van der Waals surface area contributed by atoms with Crippen molar-refractivity contribution in [2.75, 3.05) is 5.73 Å². The van der Waals surface area contributed by atoms with Crippen LogP contribution in [0, 0.1) is 0 Å². The minimum Gasteiger partial charge on any atom is -0.389 e. The van der Waals surface area contributed by atoms with E-state index in [1.807, 2.05) is 16.8 Å². The van der Waals surface area contributed by atoms with Gasteiger partial charge in [-0.25, -0.2) is 4.98 Å². The molecule has 2 aromatic heterocycles. The number of hydrogen-bond donors (Lipinski definition) is 1. The van der Waals surface area contributed by atoms with Crippen molar-refractivity contribution in [1.29, 1.82) is 0 Å². The minimum absolute atomic E-state index is 0.795. The molecule has 0 atom stereocenters. The Hall–Kier alpha value is -0.870. The normalized spacial score (nSPS) is 10.2. The zero-order valence-electron chi connectivity index (χ0n) is 5.65. The molecular formula is C7H6N2S2. The van der Waals surface area contributed by atoms with E-state index in [1.54, 1.807) is 16.8 Å². The summed E-state index contributed by atoms with van der Waals surface area (Å²) in [6, 6.07) is 2.02. The Morgan fingerprint density at radius 1 is 1.45 bits per heavy atom. The SMILES string of the molecule is Nc1scnc1-c1ccsc1. The molecule has 0 aliphatic rings. The molecular weight excluding hydrogens is 176 g/mol. The highest BCUT2D eigenvalue weighted by molar-refractivity contribution is 7.14. The van der Waals surface area contributed by atoms with Gasteiger partial charge in [-0.2, -0.15) is 11.3 Å². The summed E-state index contributed by atoms with van der Waals surface area (Å²) in [6.45, 7) is 0. The predicted molar refractivity (Wildman–Crippen MR) is 49.8 cm³/mol. The molecule has 0 aliphatic carbocycles. The summed E-state index contributed by atoms with van der Waals surface area (Å²) in [7, 11) is 0. The molecule has 0 radical (unpaired) electrons. The van der Waals surface area contributed by atoms with Crippen LogP contribution in [0.4, 0.5) is 5.00 Å². The van der Waals surface area contributed by atoms with Crippen molar-refractivity contribution in [1.82, 2.24) is 4.98 Å². The van der Waals surface area contributed by atoms with Crippen molar-refractivity contribution >= 4 is 27.7 Å². The second kappa shape index (κ2) is 2.64. The molecule has 0 aromatic carbocycles. The van der Waals surface area contributed by atoms with Crippen LogP contribution >= 0.6 is 22.7 Å². The fourth-order valence-electron chi connectivity index (χ4n) is 0.871. The Kier molecular flexibility index (Phi) is 1.63. The highest BCUT2D eigenvalue weighted by Gasteiger charge is 2.04. The molecule has 0 unspecified atom stereocenters. The quantitative estimate of drug-likeness (QED) is 0.735. The van der Waals surface area contributed by atoms with Gasteiger partial charge < -0.3 is 5.73 Å². The van der Waals surface area contributed by atoms with Gasteiger partial charge in [0.1, 0.15) is 10.7 Å². The second-order valence-corrected chi connectivity index (χ2v) is 3.74. The Bertz CT molecular complexity index is 337. The van der Waals surface area contributed by atoms with Crippen LogP contribution in [0.15, 0.2) is 22.3 Å². The molecule has 56 valence electrons. The van der Waals surface area contributed by atoms with E-state index in [1.165, 1.54) is 11.3 Å². The van der Waals surface area contributed by atoms with E-state index in [4.69, 9.17) is 5.73 Å². The third-order valence-corrected chi connectivity index (χ3v) is 2.73. The van der Waals surface area contributed by atoms with Crippen molar-refractivity contribution in [2.45, 2.75) is 0 Å². The van der Waals surface area contributed by atoms with E-state index in [0.717, 1.165) is 16.3 Å². The molecule has 0 fully saturated rings. The van der Waals surface area contributed by atoms with Gasteiger partial charge in [0.15, 0.2) is 0 Å². The molecule has 0 spiro atoms. The number of thiophene rings is 1. The molecule has 2 heterocycles.